The van der Waals surface area contributed by atoms with Crippen LogP contribution in [0.1, 0.15) is 54.9 Å². The molecule has 0 rings (SSSR count). The average Bonchev–Trinajstić information content (AvgIpc) is 2.32. The zero-order valence-electron chi connectivity index (χ0n) is 14.4. The first-order valence-electron chi connectivity index (χ1n) is 7.40. The summed E-state index contributed by atoms with van der Waals surface area (Å²) in [5.41, 5.74) is 0.391. The van der Waals surface area contributed by atoms with E-state index in [0.29, 0.717) is 6.42 Å². The van der Waals surface area contributed by atoms with Gasteiger partial charge in [-0.05, 0) is 54.0 Å². The molecule has 0 aromatic carbocycles. The van der Waals surface area contributed by atoms with Gasteiger partial charge in [0.05, 0.1) is 6.54 Å². The van der Waals surface area contributed by atoms with Gasteiger partial charge in [-0.1, -0.05) is 18.2 Å². The van der Waals surface area contributed by atoms with Gasteiger partial charge in [0.15, 0.2) is 5.78 Å². The first-order valence-corrected chi connectivity index (χ1v) is 7.40. The average molecular weight is 295 g/mol. The Labute approximate surface area is 128 Å². The molecule has 0 saturated heterocycles. The van der Waals surface area contributed by atoms with E-state index < -0.39 is 11.7 Å². The molecule has 0 radical (unpaired) electrons. The van der Waals surface area contributed by atoms with Crippen molar-refractivity contribution in [2.75, 3.05) is 6.54 Å². The van der Waals surface area contributed by atoms with E-state index in [4.69, 9.17) is 4.74 Å². The second-order valence-corrected chi connectivity index (χ2v) is 6.28. The Morgan fingerprint density at radius 2 is 1.76 bits per heavy atom. The van der Waals surface area contributed by atoms with E-state index >= 15 is 0 Å². The molecule has 0 spiro atoms. The predicted molar refractivity (Wildman–Crippen MR) is 86.3 cm³/mol. The van der Waals surface area contributed by atoms with Crippen LogP contribution in [0.25, 0.3) is 0 Å². The summed E-state index contributed by atoms with van der Waals surface area (Å²) >= 11 is 0. The normalized spacial score (nSPS) is 12.9. The SMILES string of the molecule is C/C=C\C(=C/C)CC(=O)CN(C(=O)OC(C)(C)C)C(C)C. The largest absolute Gasteiger partial charge is 0.444 e. The fraction of sp³-hybridized carbons (Fsp3) is 0.647. The Morgan fingerprint density at radius 1 is 1.19 bits per heavy atom. The van der Waals surface area contributed by atoms with Crippen molar-refractivity contribution in [1.82, 2.24) is 4.90 Å². The number of nitrogens with zero attached hydrogens (tertiary/aromatic N) is 1. The van der Waals surface area contributed by atoms with Crippen molar-refractivity contribution in [1.29, 1.82) is 0 Å². The Morgan fingerprint density at radius 3 is 2.14 bits per heavy atom. The number of hydrogen-bond donors (Lipinski definition) is 0. The van der Waals surface area contributed by atoms with Crippen LogP contribution in [-0.2, 0) is 9.53 Å². The highest BCUT2D eigenvalue weighted by Crippen LogP contribution is 2.13. The van der Waals surface area contributed by atoms with E-state index in [-0.39, 0.29) is 18.4 Å². The standard InChI is InChI=1S/C17H29NO3/c1-8-10-14(9-2)11-15(19)12-18(13(3)4)16(20)21-17(5,6)7/h8-10,13H,11-12H2,1-7H3/b10-8-,14-9+. The van der Waals surface area contributed by atoms with Crippen molar-refractivity contribution < 1.29 is 14.3 Å². The molecule has 0 aliphatic carbocycles. The molecule has 1 amide bonds. The van der Waals surface area contributed by atoms with Crippen LogP contribution in [0.4, 0.5) is 4.79 Å². The first kappa shape index (κ1) is 19.4. The smallest absolute Gasteiger partial charge is 0.410 e. The molecule has 0 aromatic heterocycles. The molecule has 0 aliphatic rings. The van der Waals surface area contributed by atoms with Crippen LogP contribution >= 0.6 is 0 Å². The topological polar surface area (TPSA) is 46.6 Å². The fourth-order valence-electron chi connectivity index (χ4n) is 1.72. The second kappa shape index (κ2) is 8.65. The van der Waals surface area contributed by atoms with Gasteiger partial charge >= 0.3 is 6.09 Å². The lowest BCUT2D eigenvalue weighted by molar-refractivity contribution is -0.120. The number of carbonyl (C=O) groups is 2. The molecule has 4 nitrogen and oxygen atoms in total. The van der Waals surface area contributed by atoms with Gasteiger partial charge in [0.25, 0.3) is 0 Å². The second-order valence-electron chi connectivity index (χ2n) is 6.28. The van der Waals surface area contributed by atoms with Crippen LogP contribution in [0.15, 0.2) is 23.8 Å². The van der Waals surface area contributed by atoms with Gasteiger partial charge in [-0.3, -0.25) is 9.69 Å². The van der Waals surface area contributed by atoms with E-state index in [2.05, 4.69) is 0 Å². The number of allylic oxidation sites excluding steroid dienone is 4. The molecule has 21 heavy (non-hydrogen) atoms. The number of rotatable bonds is 6. The molecule has 0 saturated carbocycles. The van der Waals surface area contributed by atoms with Crippen molar-refractivity contribution >= 4 is 11.9 Å². The summed E-state index contributed by atoms with van der Waals surface area (Å²) in [4.78, 5) is 25.8. The minimum atomic E-state index is -0.563. The van der Waals surface area contributed by atoms with Gasteiger partial charge in [0.2, 0.25) is 0 Å². The summed E-state index contributed by atoms with van der Waals surface area (Å²) in [5.74, 6) is 0.000703. The summed E-state index contributed by atoms with van der Waals surface area (Å²) in [5, 5.41) is 0. The Bertz CT molecular complexity index is 414. The van der Waals surface area contributed by atoms with E-state index in [0.717, 1.165) is 5.57 Å². The molecule has 0 fully saturated rings. The molecule has 0 aliphatic heterocycles. The molecule has 120 valence electrons. The molecular weight excluding hydrogens is 266 g/mol. The van der Waals surface area contributed by atoms with E-state index in [1.807, 2.05) is 66.7 Å². The summed E-state index contributed by atoms with van der Waals surface area (Å²) in [6.07, 6.45) is 5.60. The maximum absolute atomic E-state index is 12.1. The van der Waals surface area contributed by atoms with E-state index in [1.54, 1.807) is 0 Å². The number of Topliss-reactive ketones (excluding diaryl/α,β-unsaturated/α-hetero) is 1. The molecule has 0 N–H and O–H groups in total. The van der Waals surface area contributed by atoms with Gasteiger partial charge in [0, 0.05) is 12.5 Å². The van der Waals surface area contributed by atoms with Crippen LogP contribution < -0.4 is 0 Å². The lowest BCUT2D eigenvalue weighted by atomic mass is 10.1. The number of carbonyl (C=O) groups excluding carboxylic acids is 2. The minimum Gasteiger partial charge on any atom is -0.444 e. The van der Waals surface area contributed by atoms with E-state index in [1.165, 1.54) is 4.90 Å². The quantitative estimate of drug-likeness (QED) is 0.693. The third-order valence-corrected chi connectivity index (χ3v) is 2.75. The highest BCUT2D eigenvalue weighted by molar-refractivity contribution is 5.86. The zero-order chi connectivity index (χ0) is 16.6. The van der Waals surface area contributed by atoms with Crippen molar-refractivity contribution in [3.05, 3.63) is 23.8 Å². The van der Waals surface area contributed by atoms with Gasteiger partial charge in [-0.25, -0.2) is 4.79 Å². The van der Waals surface area contributed by atoms with Gasteiger partial charge in [-0.2, -0.15) is 0 Å². The third-order valence-electron chi connectivity index (χ3n) is 2.75. The van der Waals surface area contributed by atoms with Crippen LogP contribution in [0.3, 0.4) is 0 Å². The lowest BCUT2D eigenvalue weighted by Gasteiger charge is -2.29. The van der Waals surface area contributed by atoms with Crippen molar-refractivity contribution in [3.8, 4) is 0 Å². The highest BCUT2D eigenvalue weighted by atomic mass is 16.6. The molecule has 0 atom stereocenters. The van der Waals surface area contributed by atoms with E-state index in [9.17, 15) is 9.59 Å². The summed E-state index contributed by atoms with van der Waals surface area (Å²) in [6.45, 7) is 13.1. The molecule has 0 aromatic rings. The Kier molecular flexibility index (Phi) is 8.00. The minimum absolute atomic E-state index is 0.000703. The molecule has 4 heteroatoms. The number of ether oxygens (including phenoxy) is 1. The van der Waals surface area contributed by atoms with Crippen molar-refractivity contribution in [2.45, 2.75) is 66.5 Å². The van der Waals surface area contributed by atoms with Crippen LogP contribution in [-0.4, -0.2) is 35.0 Å². The molecule has 0 unspecified atom stereocenters. The fourth-order valence-corrected chi connectivity index (χ4v) is 1.72. The first-order chi connectivity index (χ1) is 9.60. The van der Waals surface area contributed by atoms with Crippen LogP contribution in [0.5, 0.6) is 0 Å². The number of hydrogen-bond acceptors (Lipinski definition) is 3. The predicted octanol–water partition coefficient (Wildman–Crippen LogP) is 4.11. The lowest BCUT2D eigenvalue weighted by Crippen LogP contribution is -2.43. The van der Waals surface area contributed by atoms with Gasteiger partial charge < -0.3 is 4.74 Å². The van der Waals surface area contributed by atoms with Crippen molar-refractivity contribution in [3.63, 3.8) is 0 Å². The summed E-state index contributed by atoms with van der Waals surface area (Å²) in [6, 6.07) is -0.0837. The highest BCUT2D eigenvalue weighted by Gasteiger charge is 2.25. The maximum Gasteiger partial charge on any atom is 0.410 e. The Balaban J connectivity index is 4.79. The molecule has 0 bridgehead atoms. The van der Waals surface area contributed by atoms with Gasteiger partial charge in [-0.15, -0.1) is 0 Å². The van der Waals surface area contributed by atoms with Crippen LogP contribution in [0, 0.1) is 0 Å². The molecule has 0 heterocycles. The summed E-state index contributed by atoms with van der Waals surface area (Å²) in [7, 11) is 0. The monoisotopic (exact) mass is 295 g/mol. The Hall–Kier alpha value is -1.58. The number of ketones is 1. The maximum atomic E-state index is 12.1. The molecular formula is C17H29NO3. The van der Waals surface area contributed by atoms with Crippen LogP contribution in [0.2, 0.25) is 0 Å². The summed E-state index contributed by atoms with van der Waals surface area (Å²) < 4.78 is 5.35. The van der Waals surface area contributed by atoms with Gasteiger partial charge in [0.1, 0.15) is 5.60 Å². The third kappa shape index (κ3) is 8.33. The zero-order valence-corrected chi connectivity index (χ0v) is 14.4. The van der Waals surface area contributed by atoms with Crippen molar-refractivity contribution in [2.24, 2.45) is 0 Å². The number of amides is 1.